The molecule has 0 N–H and O–H groups in total. The first-order chi connectivity index (χ1) is 7.03. The van der Waals surface area contributed by atoms with E-state index in [9.17, 15) is 4.79 Å². The minimum Gasteiger partial charge on any atom is -0.294 e. The first-order valence-corrected chi connectivity index (χ1v) is 6.30. The zero-order chi connectivity index (χ0) is 12.7. The Bertz CT molecular complexity index is 309. The third-order valence-corrected chi connectivity index (χ3v) is 3.49. The summed E-state index contributed by atoms with van der Waals surface area (Å²) in [6, 6.07) is 0. The molecule has 0 saturated heterocycles. The molecule has 0 aromatic heterocycles. The first-order valence-electron chi connectivity index (χ1n) is 6.30. The number of allylic oxidation sites excluding steroid dienone is 2. The van der Waals surface area contributed by atoms with E-state index in [0.29, 0.717) is 11.7 Å². The number of carbonyl (C=O) groups is 1. The SMILES string of the molecule is C[C@@H]1C=C(C(C)(C)C)C(=O)[C@H](C(C)(C)C)C1. The molecular weight excluding hydrogens is 196 g/mol. The quantitative estimate of drug-likeness (QED) is 0.599. The first kappa shape index (κ1) is 13.5. The van der Waals surface area contributed by atoms with Gasteiger partial charge in [0.25, 0.3) is 0 Å². The second-order valence-electron chi connectivity index (χ2n) is 7.33. The van der Waals surface area contributed by atoms with Crippen LogP contribution in [0.4, 0.5) is 0 Å². The number of hydrogen-bond acceptors (Lipinski definition) is 1. The fourth-order valence-corrected chi connectivity index (χ4v) is 2.47. The zero-order valence-corrected chi connectivity index (χ0v) is 11.8. The summed E-state index contributed by atoms with van der Waals surface area (Å²) in [7, 11) is 0. The van der Waals surface area contributed by atoms with Gasteiger partial charge in [-0.2, -0.15) is 0 Å². The van der Waals surface area contributed by atoms with Crippen LogP contribution in [-0.2, 0) is 4.79 Å². The van der Waals surface area contributed by atoms with Gasteiger partial charge in [0.1, 0.15) is 0 Å². The van der Waals surface area contributed by atoms with Gasteiger partial charge in [0, 0.05) is 5.92 Å². The molecule has 0 aliphatic heterocycles. The van der Waals surface area contributed by atoms with Crippen molar-refractivity contribution in [3.05, 3.63) is 11.6 Å². The van der Waals surface area contributed by atoms with Crippen molar-refractivity contribution in [3.8, 4) is 0 Å². The Hall–Kier alpha value is -0.590. The van der Waals surface area contributed by atoms with Gasteiger partial charge in [0.05, 0.1) is 0 Å². The molecule has 0 fully saturated rings. The van der Waals surface area contributed by atoms with Crippen LogP contribution >= 0.6 is 0 Å². The lowest BCUT2D eigenvalue weighted by Crippen LogP contribution is -2.37. The maximum Gasteiger partial charge on any atom is 0.162 e. The van der Waals surface area contributed by atoms with E-state index in [1.54, 1.807) is 0 Å². The average molecular weight is 222 g/mol. The molecule has 92 valence electrons. The molecule has 0 radical (unpaired) electrons. The summed E-state index contributed by atoms with van der Waals surface area (Å²) in [6.45, 7) is 15.1. The Kier molecular flexibility index (Phi) is 3.38. The Balaban J connectivity index is 3.10. The van der Waals surface area contributed by atoms with Crippen LogP contribution in [0.1, 0.15) is 54.9 Å². The Morgan fingerprint density at radius 3 is 2.00 bits per heavy atom. The predicted octanol–water partition coefficient (Wildman–Crippen LogP) is 4.23. The molecule has 1 aliphatic carbocycles. The Labute approximate surface area is 100 Å². The van der Waals surface area contributed by atoms with E-state index in [0.717, 1.165) is 12.0 Å². The van der Waals surface area contributed by atoms with Gasteiger partial charge in [0.15, 0.2) is 5.78 Å². The summed E-state index contributed by atoms with van der Waals surface area (Å²) < 4.78 is 0. The van der Waals surface area contributed by atoms with E-state index in [-0.39, 0.29) is 16.7 Å². The van der Waals surface area contributed by atoms with Crippen LogP contribution < -0.4 is 0 Å². The minimum atomic E-state index is -0.0186. The molecule has 0 heterocycles. The number of ketones is 1. The van der Waals surface area contributed by atoms with Crippen LogP contribution in [0.25, 0.3) is 0 Å². The molecule has 1 rings (SSSR count). The molecule has 1 nitrogen and oxygen atoms in total. The van der Waals surface area contributed by atoms with Crippen molar-refractivity contribution in [1.82, 2.24) is 0 Å². The molecule has 0 aromatic rings. The molecule has 0 spiro atoms. The maximum absolute atomic E-state index is 12.5. The highest BCUT2D eigenvalue weighted by Gasteiger charge is 2.39. The van der Waals surface area contributed by atoms with Crippen molar-refractivity contribution in [2.24, 2.45) is 22.7 Å². The highest BCUT2D eigenvalue weighted by atomic mass is 16.1. The Morgan fingerprint density at radius 1 is 1.12 bits per heavy atom. The average Bonchev–Trinajstić information content (AvgIpc) is 2.04. The lowest BCUT2D eigenvalue weighted by Gasteiger charge is -2.38. The number of rotatable bonds is 0. The second kappa shape index (κ2) is 4.01. The minimum absolute atomic E-state index is 0.0186. The van der Waals surface area contributed by atoms with Gasteiger partial charge in [-0.15, -0.1) is 0 Å². The van der Waals surface area contributed by atoms with Crippen molar-refractivity contribution in [2.45, 2.75) is 54.9 Å². The number of carbonyl (C=O) groups excluding carboxylic acids is 1. The third-order valence-electron chi connectivity index (χ3n) is 3.49. The molecule has 0 saturated carbocycles. The maximum atomic E-state index is 12.5. The number of Topliss-reactive ketones (excluding diaryl/α,β-unsaturated/α-hetero) is 1. The summed E-state index contributed by atoms with van der Waals surface area (Å²) in [5.41, 5.74) is 1.09. The fourth-order valence-electron chi connectivity index (χ4n) is 2.47. The van der Waals surface area contributed by atoms with Crippen LogP contribution in [0.3, 0.4) is 0 Å². The van der Waals surface area contributed by atoms with Crippen molar-refractivity contribution in [3.63, 3.8) is 0 Å². The standard InChI is InChI=1S/C15H26O/c1-10-8-11(14(2,3)4)13(16)12(9-10)15(5,6)7/h8,10,12H,9H2,1-7H3/t10-,12-/m1/s1. The molecule has 0 unspecified atom stereocenters. The van der Waals surface area contributed by atoms with Crippen molar-refractivity contribution in [2.75, 3.05) is 0 Å². The largest absolute Gasteiger partial charge is 0.294 e. The predicted molar refractivity (Wildman–Crippen MR) is 69.3 cm³/mol. The van der Waals surface area contributed by atoms with Crippen molar-refractivity contribution < 1.29 is 4.79 Å². The van der Waals surface area contributed by atoms with Crippen LogP contribution in [0, 0.1) is 22.7 Å². The van der Waals surface area contributed by atoms with Gasteiger partial charge in [-0.3, -0.25) is 4.79 Å². The molecule has 2 atom stereocenters. The monoisotopic (exact) mass is 222 g/mol. The van der Waals surface area contributed by atoms with Gasteiger partial charge in [-0.25, -0.2) is 0 Å². The summed E-state index contributed by atoms with van der Waals surface area (Å²) >= 11 is 0. The van der Waals surface area contributed by atoms with Crippen LogP contribution in [-0.4, -0.2) is 5.78 Å². The molecule has 1 aliphatic rings. The highest BCUT2D eigenvalue weighted by molar-refractivity contribution is 5.99. The lowest BCUT2D eigenvalue weighted by atomic mass is 9.65. The summed E-state index contributed by atoms with van der Waals surface area (Å²) in [6.07, 6.45) is 3.19. The van der Waals surface area contributed by atoms with E-state index in [4.69, 9.17) is 0 Å². The van der Waals surface area contributed by atoms with Gasteiger partial charge >= 0.3 is 0 Å². The number of hydrogen-bond donors (Lipinski definition) is 0. The molecular formula is C15H26O. The third kappa shape index (κ3) is 2.75. The highest BCUT2D eigenvalue weighted by Crippen LogP contribution is 2.42. The normalized spacial score (nSPS) is 27.9. The van der Waals surface area contributed by atoms with Crippen molar-refractivity contribution in [1.29, 1.82) is 0 Å². The van der Waals surface area contributed by atoms with Crippen LogP contribution in [0.15, 0.2) is 11.6 Å². The van der Waals surface area contributed by atoms with Crippen molar-refractivity contribution >= 4 is 5.78 Å². The topological polar surface area (TPSA) is 17.1 Å². The lowest BCUT2D eigenvalue weighted by molar-refractivity contribution is -0.124. The Morgan fingerprint density at radius 2 is 1.62 bits per heavy atom. The molecule has 0 amide bonds. The van der Waals surface area contributed by atoms with E-state index in [1.807, 2.05) is 0 Å². The van der Waals surface area contributed by atoms with Gasteiger partial charge < -0.3 is 0 Å². The van der Waals surface area contributed by atoms with E-state index in [2.05, 4.69) is 54.5 Å². The smallest absolute Gasteiger partial charge is 0.162 e. The summed E-state index contributed by atoms with van der Waals surface area (Å²) in [5, 5.41) is 0. The zero-order valence-electron chi connectivity index (χ0n) is 11.8. The molecule has 16 heavy (non-hydrogen) atoms. The fraction of sp³-hybridized carbons (Fsp3) is 0.800. The van der Waals surface area contributed by atoms with Crippen LogP contribution in [0.2, 0.25) is 0 Å². The van der Waals surface area contributed by atoms with E-state index < -0.39 is 0 Å². The van der Waals surface area contributed by atoms with E-state index >= 15 is 0 Å². The van der Waals surface area contributed by atoms with E-state index in [1.165, 1.54) is 0 Å². The van der Waals surface area contributed by atoms with Gasteiger partial charge in [0.2, 0.25) is 0 Å². The summed E-state index contributed by atoms with van der Waals surface area (Å²) in [4.78, 5) is 12.5. The molecule has 0 aromatic carbocycles. The second-order valence-corrected chi connectivity index (χ2v) is 7.33. The molecule has 1 heteroatoms. The van der Waals surface area contributed by atoms with Gasteiger partial charge in [-0.1, -0.05) is 54.5 Å². The van der Waals surface area contributed by atoms with Crippen LogP contribution in [0.5, 0.6) is 0 Å². The molecule has 0 bridgehead atoms. The summed E-state index contributed by atoms with van der Waals surface area (Å²) in [5.74, 6) is 1.08. The van der Waals surface area contributed by atoms with Gasteiger partial charge in [-0.05, 0) is 28.7 Å².